The number of hydrogen-bond donors (Lipinski definition) is 2. The molecule has 4 rings (SSSR count). The van der Waals surface area contributed by atoms with E-state index in [1.807, 2.05) is 38.1 Å². The molecule has 1 atom stereocenters. The SMILES string of the molecule is CC(C)(CCC(=O)N1CCOC(C)(C(=O)O)C1)NC(=O)OCC1c2ccccc2-c2ccccc21. The first kappa shape index (κ1) is 24.7. The van der Waals surface area contributed by atoms with Crippen LogP contribution >= 0.6 is 0 Å². The van der Waals surface area contributed by atoms with E-state index in [0.717, 1.165) is 22.3 Å². The van der Waals surface area contributed by atoms with E-state index in [-0.39, 0.29) is 38.0 Å². The number of fused-ring (bicyclic) bond motifs is 3. The van der Waals surface area contributed by atoms with Crippen LogP contribution in [0.1, 0.15) is 50.7 Å². The predicted octanol–water partition coefficient (Wildman–Crippen LogP) is 3.79. The van der Waals surface area contributed by atoms with E-state index in [2.05, 4.69) is 29.6 Å². The van der Waals surface area contributed by atoms with Gasteiger partial charge in [-0.25, -0.2) is 9.59 Å². The number of aliphatic carboxylic acids is 1. The molecule has 8 nitrogen and oxygen atoms in total. The fourth-order valence-corrected chi connectivity index (χ4v) is 4.76. The van der Waals surface area contributed by atoms with Crippen LogP contribution < -0.4 is 5.32 Å². The third-order valence-corrected chi connectivity index (χ3v) is 6.83. The molecule has 186 valence electrons. The molecule has 0 radical (unpaired) electrons. The molecule has 2 amide bonds. The van der Waals surface area contributed by atoms with Gasteiger partial charge in [-0.15, -0.1) is 0 Å². The van der Waals surface area contributed by atoms with Gasteiger partial charge in [0.1, 0.15) is 6.61 Å². The summed E-state index contributed by atoms with van der Waals surface area (Å²) in [6.07, 6.45) is 0.0258. The Balaban J connectivity index is 1.30. The van der Waals surface area contributed by atoms with Gasteiger partial charge < -0.3 is 24.8 Å². The number of ether oxygens (including phenoxy) is 2. The molecule has 1 heterocycles. The van der Waals surface area contributed by atoms with Crippen LogP contribution in [0.2, 0.25) is 0 Å². The van der Waals surface area contributed by atoms with Crippen LogP contribution in [-0.2, 0) is 19.1 Å². The number of nitrogens with one attached hydrogen (secondary N) is 1. The monoisotopic (exact) mass is 480 g/mol. The number of nitrogens with zero attached hydrogens (tertiary/aromatic N) is 1. The third-order valence-electron chi connectivity index (χ3n) is 6.83. The van der Waals surface area contributed by atoms with E-state index in [9.17, 15) is 19.5 Å². The zero-order chi connectivity index (χ0) is 25.2. The first-order chi connectivity index (χ1) is 16.6. The van der Waals surface area contributed by atoms with Crippen molar-refractivity contribution in [1.82, 2.24) is 10.2 Å². The average Bonchev–Trinajstić information content (AvgIpc) is 3.15. The summed E-state index contributed by atoms with van der Waals surface area (Å²) in [6.45, 7) is 5.89. The number of benzene rings is 2. The number of alkyl carbamates (subject to hydrolysis) is 1. The zero-order valence-electron chi connectivity index (χ0n) is 20.4. The van der Waals surface area contributed by atoms with Gasteiger partial charge in [-0.1, -0.05) is 48.5 Å². The van der Waals surface area contributed by atoms with E-state index < -0.39 is 23.2 Å². The molecule has 2 aromatic rings. The number of carbonyl (C=O) groups excluding carboxylic acids is 2. The summed E-state index contributed by atoms with van der Waals surface area (Å²) in [6, 6.07) is 16.3. The maximum absolute atomic E-state index is 12.7. The van der Waals surface area contributed by atoms with Crippen LogP contribution in [0.5, 0.6) is 0 Å². The van der Waals surface area contributed by atoms with Crippen LogP contribution in [-0.4, -0.2) is 65.4 Å². The second kappa shape index (κ2) is 9.70. The molecule has 35 heavy (non-hydrogen) atoms. The number of carboxylic acid groups (broad SMARTS) is 1. The highest BCUT2D eigenvalue weighted by molar-refractivity contribution is 5.81. The number of morpholine rings is 1. The van der Waals surface area contributed by atoms with Crippen LogP contribution in [0.4, 0.5) is 4.79 Å². The fourth-order valence-electron chi connectivity index (χ4n) is 4.76. The number of amides is 2. The standard InChI is InChI=1S/C27H32N2O6/c1-26(2,13-12-23(30)29-14-15-35-27(3,17-29)24(31)32)28-25(33)34-16-22-20-10-6-4-8-18(20)19-9-5-7-11-21(19)22/h4-11,22H,12-17H2,1-3H3,(H,28,33)(H,31,32). The quantitative estimate of drug-likeness (QED) is 0.625. The van der Waals surface area contributed by atoms with E-state index in [0.29, 0.717) is 13.0 Å². The Morgan fingerprint density at radius 3 is 2.31 bits per heavy atom. The smallest absolute Gasteiger partial charge is 0.407 e. The molecule has 8 heteroatoms. The Morgan fingerprint density at radius 2 is 1.71 bits per heavy atom. The summed E-state index contributed by atoms with van der Waals surface area (Å²) in [7, 11) is 0. The highest BCUT2D eigenvalue weighted by atomic mass is 16.5. The Labute approximate surface area is 205 Å². The minimum absolute atomic E-state index is 0.00139. The van der Waals surface area contributed by atoms with Crippen molar-refractivity contribution in [2.75, 3.05) is 26.3 Å². The Morgan fingerprint density at radius 1 is 1.11 bits per heavy atom. The summed E-state index contributed by atoms with van der Waals surface area (Å²) >= 11 is 0. The summed E-state index contributed by atoms with van der Waals surface area (Å²) in [5.74, 6) is -1.28. The maximum Gasteiger partial charge on any atom is 0.407 e. The molecule has 1 aliphatic heterocycles. The largest absolute Gasteiger partial charge is 0.479 e. The molecule has 2 aliphatic rings. The molecule has 0 spiro atoms. The second-order valence-electron chi connectivity index (χ2n) is 10.0. The minimum Gasteiger partial charge on any atom is -0.479 e. The van der Waals surface area contributed by atoms with Gasteiger partial charge in [0.2, 0.25) is 5.91 Å². The molecule has 2 N–H and O–H groups in total. The van der Waals surface area contributed by atoms with Gasteiger partial charge in [0, 0.05) is 24.4 Å². The summed E-state index contributed by atoms with van der Waals surface area (Å²) in [5.41, 5.74) is 2.54. The van der Waals surface area contributed by atoms with Gasteiger partial charge >= 0.3 is 12.1 Å². The van der Waals surface area contributed by atoms with Gasteiger partial charge in [0.05, 0.1) is 13.2 Å². The molecule has 1 fully saturated rings. The van der Waals surface area contributed by atoms with E-state index in [4.69, 9.17) is 9.47 Å². The van der Waals surface area contributed by atoms with Crippen molar-refractivity contribution in [3.63, 3.8) is 0 Å². The molecule has 1 aliphatic carbocycles. The van der Waals surface area contributed by atoms with E-state index >= 15 is 0 Å². The molecule has 0 aromatic heterocycles. The van der Waals surface area contributed by atoms with Crippen molar-refractivity contribution in [2.45, 2.75) is 50.7 Å². The first-order valence-electron chi connectivity index (χ1n) is 11.9. The van der Waals surface area contributed by atoms with Gasteiger partial charge in [0.25, 0.3) is 0 Å². The average molecular weight is 481 g/mol. The Hall–Kier alpha value is -3.39. The van der Waals surface area contributed by atoms with E-state index in [1.54, 1.807) is 0 Å². The summed E-state index contributed by atoms with van der Waals surface area (Å²) in [4.78, 5) is 38.3. The lowest BCUT2D eigenvalue weighted by Gasteiger charge is -2.38. The van der Waals surface area contributed by atoms with Crippen LogP contribution in [0.15, 0.2) is 48.5 Å². The third kappa shape index (κ3) is 5.32. The molecule has 0 bridgehead atoms. The number of carboxylic acids is 1. The molecular weight excluding hydrogens is 448 g/mol. The first-order valence-corrected chi connectivity index (χ1v) is 11.9. The van der Waals surface area contributed by atoms with Crippen molar-refractivity contribution in [3.05, 3.63) is 59.7 Å². The molecule has 1 saturated heterocycles. The number of rotatable bonds is 7. The summed E-state index contributed by atoms with van der Waals surface area (Å²) in [5, 5.41) is 12.2. The Bertz CT molecular complexity index is 1080. The minimum atomic E-state index is -1.40. The van der Waals surface area contributed by atoms with Gasteiger partial charge in [-0.2, -0.15) is 0 Å². The fraction of sp³-hybridized carbons (Fsp3) is 0.444. The molecule has 1 unspecified atom stereocenters. The second-order valence-corrected chi connectivity index (χ2v) is 10.0. The van der Waals surface area contributed by atoms with Crippen molar-refractivity contribution in [1.29, 1.82) is 0 Å². The molecule has 2 aromatic carbocycles. The molecular formula is C27H32N2O6. The number of carbonyl (C=O) groups is 3. The lowest BCUT2D eigenvalue weighted by Crippen LogP contribution is -2.56. The topological polar surface area (TPSA) is 105 Å². The van der Waals surface area contributed by atoms with Gasteiger partial charge in [0.15, 0.2) is 5.60 Å². The van der Waals surface area contributed by atoms with Gasteiger partial charge in [-0.3, -0.25) is 4.79 Å². The lowest BCUT2D eigenvalue weighted by atomic mass is 9.97. The highest BCUT2D eigenvalue weighted by Gasteiger charge is 2.41. The van der Waals surface area contributed by atoms with Crippen LogP contribution in [0.25, 0.3) is 11.1 Å². The zero-order valence-corrected chi connectivity index (χ0v) is 20.4. The maximum atomic E-state index is 12.7. The molecule has 0 saturated carbocycles. The van der Waals surface area contributed by atoms with Crippen molar-refractivity contribution in [3.8, 4) is 11.1 Å². The van der Waals surface area contributed by atoms with Crippen molar-refractivity contribution in [2.24, 2.45) is 0 Å². The summed E-state index contributed by atoms with van der Waals surface area (Å²) < 4.78 is 11.0. The van der Waals surface area contributed by atoms with Gasteiger partial charge in [-0.05, 0) is 49.4 Å². The van der Waals surface area contributed by atoms with Crippen LogP contribution in [0, 0.1) is 0 Å². The normalized spacial score (nSPS) is 19.6. The Kier molecular flexibility index (Phi) is 6.85. The highest BCUT2D eigenvalue weighted by Crippen LogP contribution is 2.44. The van der Waals surface area contributed by atoms with Crippen molar-refractivity contribution < 1.29 is 29.0 Å². The lowest BCUT2D eigenvalue weighted by molar-refractivity contribution is -0.177. The number of hydrogen-bond acceptors (Lipinski definition) is 5. The predicted molar refractivity (Wildman–Crippen MR) is 130 cm³/mol. The van der Waals surface area contributed by atoms with Crippen molar-refractivity contribution >= 4 is 18.0 Å². The van der Waals surface area contributed by atoms with Crippen LogP contribution in [0.3, 0.4) is 0 Å². The van der Waals surface area contributed by atoms with E-state index in [1.165, 1.54) is 11.8 Å².